The maximum absolute atomic E-state index is 12.0. The van der Waals surface area contributed by atoms with Gasteiger partial charge in [-0.3, -0.25) is 4.90 Å². The summed E-state index contributed by atoms with van der Waals surface area (Å²) in [5.74, 6) is 0.548. The Balaban J connectivity index is 1.81. The van der Waals surface area contributed by atoms with Crippen LogP contribution in [0.2, 0.25) is 0 Å². The van der Waals surface area contributed by atoms with Gasteiger partial charge in [0.25, 0.3) is 0 Å². The molecule has 1 aromatic carbocycles. The number of hydrogen-bond donors (Lipinski definition) is 0. The van der Waals surface area contributed by atoms with Gasteiger partial charge in [-0.05, 0) is 19.1 Å². The summed E-state index contributed by atoms with van der Waals surface area (Å²) in [5.41, 5.74) is 1.05. The van der Waals surface area contributed by atoms with Crippen molar-refractivity contribution in [2.75, 3.05) is 11.4 Å². The topological polar surface area (TPSA) is 94.9 Å². The second kappa shape index (κ2) is 5.82. The smallest absolute Gasteiger partial charge is 0.414 e. The highest BCUT2D eigenvalue weighted by Crippen LogP contribution is 2.23. The number of ether oxygens (including phenoxy) is 1. The van der Waals surface area contributed by atoms with Crippen molar-refractivity contribution in [3.8, 4) is 12.1 Å². The first-order valence-corrected chi connectivity index (χ1v) is 7.04. The Kier molecular flexibility index (Phi) is 3.70. The lowest BCUT2D eigenvalue weighted by atomic mass is 10.2. The first-order chi connectivity index (χ1) is 11.1. The minimum Gasteiger partial charge on any atom is -0.442 e. The van der Waals surface area contributed by atoms with Crippen LogP contribution in [0, 0.1) is 29.6 Å². The van der Waals surface area contributed by atoms with Crippen LogP contribution in [0.15, 0.2) is 30.3 Å². The van der Waals surface area contributed by atoms with Crippen molar-refractivity contribution in [1.82, 2.24) is 9.55 Å². The van der Waals surface area contributed by atoms with E-state index < -0.39 is 12.2 Å². The average Bonchev–Trinajstić information content (AvgIpc) is 3.08. The highest BCUT2D eigenvalue weighted by Gasteiger charge is 2.33. The molecular formula is C16H13N5O2. The van der Waals surface area contributed by atoms with Crippen molar-refractivity contribution in [3.05, 3.63) is 47.5 Å². The summed E-state index contributed by atoms with van der Waals surface area (Å²) in [5, 5.41) is 18.2. The summed E-state index contributed by atoms with van der Waals surface area (Å²) in [7, 11) is 0. The van der Waals surface area contributed by atoms with Crippen LogP contribution in [-0.4, -0.2) is 28.3 Å². The lowest BCUT2D eigenvalue weighted by Crippen LogP contribution is -2.26. The zero-order valence-electron chi connectivity index (χ0n) is 12.4. The number of hydrogen-bond acceptors (Lipinski definition) is 5. The van der Waals surface area contributed by atoms with Gasteiger partial charge in [0, 0.05) is 5.69 Å². The molecule has 7 heteroatoms. The molecule has 1 saturated heterocycles. The number of nitrogens with zero attached hydrogens (tertiary/aromatic N) is 5. The number of benzene rings is 1. The molecule has 3 rings (SSSR count). The number of nitriles is 2. The molecular weight excluding hydrogens is 294 g/mol. The van der Waals surface area contributed by atoms with Gasteiger partial charge in [-0.1, -0.05) is 18.2 Å². The van der Waals surface area contributed by atoms with Crippen LogP contribution in [0.5, 0.6) is 0 Å². The quantitative estimate of drug-likeness (QED) is 0.863. The fraction of sp³-hybridized carbons (Fsp3) is 0.250. The fourth-order valence-electron chi connectivity index (χ4n) is 2.62. The third kappa shape index (κ3) is 2.60. The number of carbonyl (C=O) groups excluding carboxylic acids is 1. The van der Waals surface area contributed by atoms with Crippen LogP contribution in [0.1, 0.15) is 17.2 Å². The maximum atomic E-state index is 12.0. The van der Waals surface area contributed by atoms with Gasteiger partial charge in [0.15, 0.2) is 11.4 Å². The van der Waals surface area contributed by atoms with Crippen LogP contribution < -0.4 is 4.90 Å². The Morgan fingerprint density at radius 3 is 2.70 bits per heavy atom. The lowest BCUT2D eigenvalue weighted by Gasteiger charge is -2.13. The average molecular weight is 307 g/mol. The van der Waals surface area contributed by atoms with Crippen molar-refractivity contribution >= 4 is 11.8 Å². The first-order valence-electron chi connectivity index (χ1n) is 7.04. The second-order valence-corrected chi connectivity index (χ2v) is 5.14. The zero-order valence-corrected chi connectivity index (χ0v) is 12.4. The van der Waals surface area contributed by atoms with E-state index in [1.807, 2.05) is 42.5 Å². The molecule has 1 aromatic heterocycles. The van der Waals surface area contributed by atoms with Gasteiger partial charge in [0.1, 0.15) is 24.1 Å². The number of carbonyl (C=O) groups is 1. The third-order valence-corrected chi connectivity index (χ3v) is 3.70. The molecule has 2 heterocycles. The van der Waals surface area contributed by atoms with Gasteiger partial charge in [0.2, 0.25) is 0 Å². The summed E-state index contributed by atoms with van der Waals surface area (Å²) in [6, 6.07) is 13.1. The van der Waals surface area contributed by atoms with E-state index in [1.54, 1.807) is 16.4 Å². The molecule has 1 aliphatic heterocycles. The number of cyclic esters (lactones) is 1. The van der Waals surface area contributed by atoms with Gasteiger partial charge in [-0.25, -0.2) is 9.78 Å². The molecule has 0 saturated carbocycles. The Hall–Kier alpha value is -3.32. The normalized spacial score (nSPS) is 16.7. The maximum Gasteiger partial charge on any atom is 0.414 e. The summed E-state index contributed by atoms with van der Waals surface area (Å²) < 4.78 is 6.99. The summed E-state index contributed by atoms with van der Waals surface area (Å²) in [6.07, 6.45) is -0.827. The number of rotatable bonds is 3. The van der Waals surface area contributed by atoms with Gasteiger partial charge < -0.3 is 9.30 Å². The Bertz CT molecular complexity index is 829. The molecule has 1 amide bonds. The largest absolute Gasteiger partial charge is 0.442 e. The van der Waals surface area contributed by atoms with Crippen LogP contribution in [0.4, 0.5) is 10.5 Å². The van der Waals surface area contributed by atoms with E-state index in [9.17, 15) is 10.1 Å². The third-order valence-electron chi connectivity index (χ3n) is 3.70. The number of aryl methyl sites for hydroxylation is 1. The molecule has 0 bridgehead atoms. The molecule has 1 aliphatic rings. The summed E-state index contributed by atoms with van der Waals surface area (Å²) in [6.45, 7) is 2.39. The Morgan fingerprint density at radius 2 is 2.04 bits per heavy atom. The summed E-state index contributed by atoms with van der Waals surface area (Å²) >= 11 is 0. The van der Waals surface area contributed by atoms with E-state index in [4.69, 9.17) is 10.00 Å². The lowest BCUT2D eigenvalue weighted by molar-refractivity contribution is 0.131. The molecule has 23 heavy (non-hydrogen) atoms. The SMILES string of the molecule is Cc1nc(C#N)c(C#N)n1C[C@H]1CN(c2ccccc2)C(=O)O1. The van der Waals surface area contributed by atoms with Crippen molar-refractivity contribution in [2.45, 2.75) is 19.6 Å². The highest BCUT2D eigenvalue weighted by molar-refractivity contribution is 5.89. The van der Waals surface area contributed by atoms with Crippen LogP contribution >= 0.6 is 0 Å². The van der Waals surface area contributed by atoms with E-state index in [0.29, 0.717) is 18.9 Å². The van der Waals surface area contributed by atoms with Crippen molar-refractivity contribution in [3.63, 3.8) is 0 Å². The van der Waals surface area contributed by atoms with Gasteiger partial charge in [-0.2, -0.15) is 10.5 Å². The van der Waals surface area contributed by atoms with Crippen LogP contribution in [0.3, 0.4) is 0 Å². The molecule has 0 unspecified atom stereocenters. The van der Waals surface area contributed by atoms with Crippen molar-refractivity contribution in [1.29, 1.82) is 10.5 Å². The molecule has 0 aliphatic carbocycles. The first kappa shape index (κ1) is 14.6. The highest BCUT2D eigenvalue weighted by atomic mass is 16.6. The van der Waals surface area contributed by atoms with E-state index in [1.165, 1.54) is 0 Å². The predicted octanol–water partition coefficient (Wildman–Crippen LogP) is 1.96. The van der Waals surface area contributed by atoms with Crippen molar-refractivity contribution < 1.29 is 9.53 Å². The van der Waals surface area contributed by atoms with E-state index in [-0.39, 0.29) is 11.4 Å². The Morgan fingerprint density at radius 1 is 1.30 bits per heavy atom. The van der Waals surface area contributed by atoms with E-state index in [2.05, 4.69) is 4.98 Å². The van der Waals surface area contributed by atoms with Gasteiger partial charge in [-0.15, -0.1) is 0 Å². The number of para-hydroxylation sites is 1. The van der Waals surface area contributed by atoms with Crippen molar-refractivity contribution in [2.24, 2.45) is 0 Å². The summed E-state index contributed by atoms with van der Waals surface area (Å²) in [4.78, 5) is 17.7. The molecule has 0 radical (unpaired) electrons. The van der Waals surface area contributed by atoms with Crippen LogP contribution in [-0.2, 0) is 11.3 Å². The predicted molar refractivity (Wildman–Crippen MR) is 80.5 cm³/mol. The molecule has 2 aromatic rings. The van der Waals surface area contributed by atoms with E-state index in [0.717, 1.165) is 5.69 Å². The van der Waals surface area contributed by atoms with Gasteiger partial charge >= 0.3 is 6.09 Å². The molecule has 1 atom stereocenters. The standard InChI is InChI=1S/C16H13N5O2/c1-11-19-14(7-17)15(8-18)20(11)9-13-10-21(16(22)23-13)12-5-3-2-4-6-12/h2-6,13H,9-10H2,1H3/t13-/m0/s1. The second-order valence-electron chi connectivity index (χ2n) is 5.14. The zero-order chi connectivity index (χ0) is 16.4. The van der Waals surface area contributed by atoms with Crippen LogP contribution in [0.25, 0.3) is 0 Å². The Labute approximate surface area is 132 Å². The number of imidazole rings is 1. The number of aromatic nitrogens is 2. The minimum atomic E-state index is -0.419. The number of anilines is 1. The van der Waals surface area contributed by atoms with E-state index >= 15 is 0 Å². The molecule has 7 nitrogen and oxygen atoms in total. The molecule has 0 spiro atoms. The minimum absolute atomic E-state index is 0.0919. The van der Waals surface area contributed by atoms with Gasteiger partial charge in [0.05, 0.1) is 13.1 Å². The monoisotopic (exact) mass is 307 g/mol. The molecule has 1 fully saturated rings. The number of amides is 1. The fourth-order valence-corrected chi connectivity index (χ4v) is 2.62. The molecule has 0 N–H and O–H groups in total. The molecule has 114 valence electrons.